The maximum Gasteiger partial charge on any atom is 0.414 e. The third kappa shape index (κ3) is 9.77. The van der Waals surface area contributed by atoms with Gasteiger partial charge in [0.1, 0.15) is 30.8 Å². The van der Waals surface area contributed by atoms with Crippen LogP contribution in [0.25, 0.3) is 11.1 Å². The van der Waals surface area contributed by atoms with E-state index in [1.807, 2.05) is 52.3 Å². The summed E-state index contributed by atoms with van der Waals surface area (Å²) in [4.78, 5) is 40.3. The molecule has 0 spiro atoms. The monoisotopic (exact) mass is 772 g/mol. The van der Waals surface area contributed by atoms with Gasteiger partial charge in [0, 0.05) is 61.3 Å². The zero-order chi connectivity index (χ0) is 37.6. The zero-order valence-corrected chi connectivity index (χ0v) is 31.7. The van der Waals surface area contributed by atoms with Gasteiger partial charge in [-0.05, 0) is 50.1 Å². The number of aromatic nitrogens is 2. The van der Waals surface area contributed by atoms with Crippen molar-refractivity contribution >= 4 is 58.6 Å². The maximum absolute atomic E-state index is 15.4. The van der Waals surface area contributed by atoms with Crippen molar-refractivity contribution in [2.45, 2.75) is 37.2 Å². The smallest absolute Gasteiger partial charge is 0.414 e. The molecule has 0 radical (unpaired) electrons. The lowest BCUT2D eigenvalue weighted by Gasteiger charge is -2.29. The Balaban J connectivity index is 1.23. The van der Waals surface area contributed by atoms with E-state index >= 15 is 4.39 Å². The van der Waals surface area contributed by atoms with E-state index in [0.717, 1.165) is 34.2 Å². The number of quaternary nitrogens is 1. The van der Waals surface area contributed by atoms with Gasteiger partial charge in [-0.1, -0.05) is 41.4 Å². The zero-order valence-electron chi connectivity index (χ0n) is 29.3. The number of hydrogen-bond donors (Lipinski definition) is 2. The Morgan fingerprint density at radius 1 is 1.10 bits per heavy atom. The molecule has 2 N–H and O–H groups in total. The second kappa shape index (κ2) is 17.0. The molecule has 1 unspecified atom stereocenters. The summed E-state index contributed by atoms with van der Waals surface area (Å²) >= 11 is 14.2. The predicted octanol–water partition coefficient (Wildman–Crippen LogP) is 7.15. The molecule has 0 saturated heterocycles. The SMILES string of the molecule is Cc1c(Cl)cccc1OCCOC(=O)N1CCSc2c(-c3cnn(Cc4c(F)cc(C(=O)NC(CCC[N+](C)(C)C)C(=O)O)cc4Cl)c3)cccc21. The molecule has 52 heavy (non-hydrogen) atoms. The van der Waals surface area contributed by atoms with Crippen LogP contribution in [0.4, 0.5) is 14.9 Å². The number of fused-ring (bicyclic) bond motifs is 1. The number of carbonyl (C=O) groups excluding carboxylic acids is 2. The predicted molar refractivity (Wildman–Crippen MR) is 200 cm³/mol. The molecule has 15 heteroatoms. The molecule has 1 atom stereocenters. The van der Waals surface area contributed by atoms with Crippen molar-refractivity contribution in [3.8, 4) is 16.9 Å². The van der Waals surface area contributed by atoms with Crippen molar-refractivity contribution in [3.63, 3.8) is 0 Å². The van der Waals surface area contributed by atoms with Crippen LogP contribution >= 0.6 is 35.0 Å². The fourth-order valence-corrected chi connectivity index (χ4v) is 7.25. The number of ether oxygens (including phenoxy) is 2. The number of nitrogens with zero attached hydrogens (tertiary/aromatic N) is 4. The molecule has 2 heterocycles. The first-order chi connectivity index (χ1) is 24.7. The third-order valence-electron chi connectivity index (χ3n) is 8.44. The highest BCUT2D eigenvalue weighted by Gasteiger charge is 2.27. The number of amides is 2. The summed E-state index contributed by atoms with van der Waals surface area (Å²) < 4.78 is 28.9. The molecule has 0 saturated carbocycles. The molecule has 1 aromatic heterocycles. The quantitative estimate of drug-likeness (QED) is 0.102. The topological polar surface area (TPSA) is 123 Å². The van der Waals surface area contributed by atoms with Crippen molar-refractivity contribution in [1.29, 1.82) is 0 Å². The number of rotatable bonds is 14. The van der Waals surface area contributed by atoms with Crippen molar-refractivity contribution in [3.05, 3.63) is 93.5 Å². The van der Waals surface area contributed by atoms with Crippen molar-refractivity contribution in [2.24, 2.45) is 0 Å². The molecule has 5 rings (SSSR count). The number of anilines is 1. The van der Waals surface area contributed by atoms with Gasteiger partial charge in [0.25, 0.3) is 5.91 Å². The van der Waals surface area contributed by atoms with Gasteiger partial charge < -0.3 is 24.4 Å². The Hall–Kier alpha value is -4.30. The van der Waals surface area contributed by atoms with E-state index in [-0.39, 0.29) is 42.3 Å². The van der Waals surface area contributed by atoms with Gasteiger partial charge in [0.2, 0.25) is 0 Å². The molecule has 2 amide bonds. The number of aliphatic carboxylic acids is 1. The van der Waals surface area contributed by atoms with E-state index in [9.17, 15) is 19.5 Å². The summed E-state index contributed by atoms with van der Waals surface area (Å²) in [5.74, 6) is -1.33. The number of thioether (sulfide) groups is 1. The van der Waals surface area contributed by atoms with Crippen molar-refractivity contribution in [1.82, 2.24) is 15.1 Å². The number of hydrogen-bond acceptors (Lipinski definition) is 7. The summed E-state index contributed by atoms with van der Waals surface area (Å²) in [7, 11) is 5.99. The van der Waals surface area contributed by atoms with Gasteiger partial charge in [-0.2, -0.15) is 5.10 Å². The first-order valence-corrected chi connectivity index (χ1v) is 18.4. The van der Waals surface area contributed by atoms with Crippen molar-refractivity contribution < 1.29 is 37.8 Å². The molecular formula is C37H41Cl2FN5O6S+. The largest absolute Gasteiger partial charge is 0.490 e. The van der Waals surface area contributed by atoms with Crippen LogP contribution in [0, 0.1) is 12.7 Å². The van der Waals surface area contributed by atoms with E-state index in [1.165, 1.54) is 10.7 Å². The number of carboxylic acids is 1. The van der Waals surface area contributed by atoms with Crippen LogP contribution in [0.3, 0.4) is 0 Å². The summed E-state index contributed by atoms with van der Waals surface area (Å²) in [6.45, 7) is 3.26. The minimum absolute atomic E-state index is 0.00834. The summed E-state index contributed by atoms with van der Waals surface area (Å²) in [5.41, 5.74) is 3.16. The molecule has 0 fully saturated rings. The minimum Gasteiger partial charge on any atom is -0.490 e. The Bertz CT molecular complexity index is 1930. The van der Waals surface area contributed by atoms with Crippen LogP contribution in [-0.2, 0) is 16.1 Å². The Labute approximate surface area is 316 Å². The fraction of sp³-hybridized carbons (Fsp3) is 0.351. The van der Waals surface area contributed by atoms with E-state index in [0.29, 0.717) is 39.7 Å². The van der Waals surface area contributed by atoms with E-state index in [4.69, 9.17) is 32.7 Å². The average molecular weight is 774 g/mol. The number of halogens is 3. The average Bonchev–Trinajstić information content (AvgIpc) is 3.56. The summed E-state index contributed by atoms with van der Waals surface area (Å²) in [6.07, 6.45) is 3.74. The first-order valence-electron chi connectivity index (χ1n) is 16.6. The molecular weight excluding hydrogens is 732 g/mol. The second-order valence-electron chi connectivity index (χ2n) is 13.3. The lowest BCUT2D eigenvalue weighted by molar-refractivity contribution is -0.870. The highest BCUT2D eigenvalue weighted by molar-refractivity contribution is 7.99. The van der Waals surface area contributed by atoms with Gasteiger partial charge in [0.15, 0.2) is 0 Å². The fourth-order valence-electron chi connectivity index (χ4n) is 5.67. The van der Waals surface area contributed by atoms with E-state index < -0.39 is 29.8 Å². The van der Waals surface area contributed by atoms with E-state index in [1.54, 1.807) is 41.2 Å². The van der Waals surface area contributed by atoms with Crippen LogP contribution in [-0.4, -0.2) is 96.6 Å². The van der Waals surface area contributed by atoms with E-state index in [2.05, 4.69) is 10.4 Å². The van der Waals surface area contributed by atoms with Gasteiger partial charge in [-0.3, -0.25) is 14.4 Å². The number of carbonyl (C=O) groups is 3. The Morgan fingerprint density at radius 3 is 2.60 bits per heavy atom. The second-order valence-corrected chi connectivity index (χ2v) is 15.3. The van der Waals surface area contributed by atoms with Crippen LogP contribution in [0.2, 0.25) is 10.0 Å². The minimum atomic E-state index is -1.16. The molecule has 3 aromatic carbocycles. The Kier molecular flexibility index (Phi) is 12.7. The van der Waals surface area contributed by atoms with Gasteiger partial charge in [-0.25, -0.2) is 14.0 Å². The highest BCUT2D eigenvalue weighted by atomic mass is 35.5. The van der Waals surface area contributed by atoms with Crippen LogP contribution in [0.5, 0.6) is 5.75 Å². The lowest BCUT2D eigenvalue weighted by Crippen LogP contribution is -2.42. The van der Waals surface area contributed by atoms with Crippen LogP contribution in [0.15, 0.2) is 65.8 Å². The standard InChI is InChI=1S/C37H40Cl2FN5O6S/c1-23-28(38)9-6-12-33(23)50-15-16-51-37(49)44-13-17-52-34-26(8-5-11-32(34)44)25-20-41-43(21-25)22-27-29(39)18-24(19-30(27)40)35(46)42-31(36(47)48)10-7-14-45(2,3)4/h5-6,8-9,11-12,18-21,31H,7,10,13-17,22H2,1-4H3,(H-,42,46,47,48)/p+1. The molecule has 0 bridgehead atoms. The number of benzene rings is 3. The molecule has 1 aliphatic rings. The summed E-state index contributed by atoms with van der Waals surface area (Å²) in [5, 5.41) is 17.2. The number of nitrogens with one attached hydrogen (secondary N) is 1. The van der Waals surface area contributed by atoms with Crippen LogP contribution in [0.1, 0.15) is 34.3 Å². The first kappa shape index (κ1) is 38.9. The lowest BCUT2D eigenvalue weighted by atomic mass is 10.1. The van der Waals surface area contributed by atoms with Crippen molar-refractivity contribution in [2.75, 3.05) is 58.1 Å². The molecule has 11 nitrogen and oxygen atoms in total. The normalized spacial score (nSPS) is 13.3. The molecule has 276 valence electrons. The maximum atomic E-state index is 15.4. The number of carboxylic acid groups (broad SMARTS) is 1. The molecule has 0 aliphatic carbocycles. The van der Waals surface area contributed by atoms with Gasteiger partial charge in [-0.15, -0.1) is 11.8 Å². The molecule has 1 aliphatic heterocycles. The summed E-state index contributed by atoms with van der Waals surface area (Å²) in [6, 6.07) is 12.3. The molecule has 4 aromatic rings. The van der Waals surface area contributed by atoms with Gasteiger partial charge in [0.05, 0.1) is 46.1 Å². The Morgan fingerprint density at radius 2 is 1.87 bits per heavy atom. The van der Waals surface area contributed by atoms with Gasteiger partial charge >= 0.3 is 12.1 Å². The highest BCUT2D eigenvalue weighted by Crippen LogP contribution is 2.42. The third-order valence-corrected chi connectivity index (χ3v) is 10.3. The van der Waals surface area contributed by atoms with Crippen LogP contribution < -0.4 is 15.0 Å².